The first kappa shape index (κ1) is 12.2. The van der Waals surface area contributed by atoms with E-state index in [0.717, 1.165) is 25.2 Å². The van der Waals surface area contributed by atoms with E-state index < -0.39 is 7.14 Å². The third kappa shape index (κ3) is 5.83. The fraction of sp³-hybridized carbons (Fsp3) is 0.900. The van der Waals surface area contributed by atoms with Gasteiger partial charge in [0.05, 0.1) is 7.14 Å². The Hall–Kier alpha value is 0.230. The minimum absolute atomic E-state index is 0.595. The highest BCUT2D eigenvalue weighted by Gasteiger charge is 2.17. The summed E-state index contributed by atoms with van der Waals surface area (Å²) in [5.41, 5.74) is 0. The van der Waals surface area contributed by atoms with E-state index in [1.54, 1.807) is 0 Å². The Kier molecular flexibility index (Phi) is 5.92. The van der Waals surface area contributed by atoms with Crippen LogP contribution in [0.4, 0.5) is 0 Å². The molecule has 0 N–H and O–H groups in total. The van der Waals surface area contributed by atoms with Crippen LogP contribution in [-0.2, 0) is 4.57 Å². The van der Waals surface area contributed by atoms with Crippen molar-refractivity contribution < 1.29 is 4.57 Å². The first-order chi connectivity index (χ1) is 5.52. The molecule has 2 unspecified atom stereocenters. The normalized spacial score (nSPS) is 18.7. The van der Waals surface area contributed by atoms with Gasteiger partial charge in [0, 0.05) is 12.3 Å². The van der Waals surface area contributed by atoms with Crippen molar-refractivity contribution in [3.63, 3.8) is 0 Å². The molecule has 2 atom stereocenters. The molecule has 0 fully saturated rings. The fourth-order valence-corrected chi connectivity index (χ4v) is 4.30. The van der Waals surface area contributed by atoms with E-state index in [2.05, 4.69) is 27.2 Å². The van der Waals surface area contributed by atoms with Crippen molar-refractivity contribution in [2.75, 3.05) is 19.0 Å². The lowest BCUT2D eigenvalue weighted by molar-refractivity contribution is 0.559. The zero-order valence-electron chi connectivity index (χ0n) is 8.84. The summed E-state index contributed by atoms with van der Waals surface area (Å²) < 4.78 is 11.9. The van der Waals surface area contributed by atoms with Gasteiger partial charge in [-0.3, -0.25) is 0 Å². The maximum atomic E-state index is 11.9. The molecule has 0 heterocycles. The van der Waals surface area contributed by atoms with Crippen molar-refractivity contribution in [1.82, 2.24) is 0 Å². The second-order valence-electron chi connectivity index (χ2n) is 3.95. The minimum Gasteiger partial charge on any atom is -0.324 e. The molecule has 0 aliphatic carbocycles. The van der Waals surface area contributed by atoms with E-state index in [0.29, 0.717) is 5.92 Å². The second kappa shape index (κ2) is 5.80. The van der Waals surface area contributed by atoms with Crippen LogP contribution < -0.4 is 0 Å². The minimum atomic E-state index is -1.80. The summed E-state index contributed by atoms with van der Waals surface area (Å²) >= 11 is 0. The lowest BCUT2D eigenvalue weighted by Gasteiger charge is -2.16. The molecule has 1 radical (unpaired) electrons. The van der Waals surface area contributed by atoms with Crippen molar-refractivity contribution >= 4 is 7.14 Å². The SMILES string of the molecule is C[CH]CC(C)CP(C)(=O)CCC. The van der Waals surface area contributed by atoms with Crippen LogP contribution in [-0.4, -0.2) is 19.0 Å². The van der Waals surface area contributed by atoms with Crippen LogP contribution in [0.5, 0.6) is 0 Å². The van der Waals surface area contributed by atoms with Crippen LogP contribution in [0.2, 0.25) is 0 Å². The van der Waals surface area contributed by atoms with E-state index in [1.807, 2.05) is 6.66 Å². The summed E-state index contributed by atoms with van der Waals surface area (Å²) in [7, 11) is -1.80. The average molecular weight is 189 g/mol. The molecule has 0 aliphatic rings. The van der Waals surface area contributed by atoms with Gasteiger partial charge in [0.2, 0.25) is 0 Å². The molecule has 0 aromatic carbocycles. The van der Waals surface area contributed by atoms with Gasteiger partial charge in [0.1, 0.15) is 0 Å². The van der Waals surface area contributed by atoms with Gasteiger partial charge < -0.3 is 4.57 Å². The Morgan fingerprint density at radius 3 is 2.50 bits per heavy atom. The third-order valence-corrected chi connectivity index (χ3v) is 4.82. The van der Waals surface area contributed by atoms with Crippen LogP contribution in [0.15, 0.2) is 0 Å². The summed E-state index contributed by atoms with van der Waals surface area (Å²) in [5.74, 6) is 0.595. The highest BCUT2D eigenvalue weighted by Crippen LogP contribution is 2.44. The molecule has 0 aromatic rings. The Balaban J connectivity index is 3.79. The second-order valence-corrected chi connectivity index (χ2v) is 7.36. The molecular formula is C10H22OP. The van der Waals surface area contributed by atoms with E-state index in [1.165, 1.54) is 0 Å². The molecule has 0 saturated carbocycles. The Bertz CT molecular complexity index is 154. The lowest BCUT2D eigenvalue weighted by atomic mass is 10.1. The predicted octanol–water partition coefficient (Wildman–Crippen LogP) is 3.64. The lowest BCUT2D eigenvalue weighted by Crippen LogP contribution is -2.03. The fourth-order valence-electron chi connectivity index (χ4n) is 1.70. The van der Waals surface area contributed by atoms with Gasteiger partial charge >= 0.3 is 0 Å². The quantitative estimate of drug-likeness (QED) is 0.583. The highest BCUT2D eigenvalue weighted by molar-refractivity contribution is 7.63. The van der Waals surface area contributed by atoms with Crippen molar-refractivity contribution in [2.24, 2.45) is 5.92 Å². The Morgan fingerprint density at radius 2 is 2.08 bits per heavy atom. The first-order valence-corrected chi connectivity index (χ1v) is 7.37. The molecule has 0 aromatic heterocycles. The van der Waals surface area contributed by atoms with Crippen LogP contribution in [0, 0.1) is 12.3 Å². The van der Waals surface area contributed by atoms with Gasteiger partial charge in [0.15, 0.2) is 0 Å². The standard InChI is InChI=1S/C10H22OP/c1-5-7-10(3)9-12(4,11)8-6-2/h5,10H,6-9H2,1-4H3. The maximum Gasteiger partial charge on any atom is 0.0851 e. The van der Waals surface area contributed by atoms with Crippen LogP contribution >= 0.6 is 7.14 Å². The molecule has 73 valence electrons. The molecule has 1 nitrogen and oxygen atoms in total. The first-order valence-electron chi connectivity index (χ1n) is 4.85. The number of hydrogen-bond donors (Lipinski definition) is 0. The number of rotatable bonds is 6. The predicted molar refractivity (Wildman–Crippen MR) is 57.3 cm³/mol. The monoisotopic (exact) mass is 189 g/mol. The van der Waals surface area contributed by atoms with Gasteiger partial charge in [0.25, 0.3) is 0 Å². The Labute approximate surface area is 77.3 Å². The zero-order valence-corrected chi connectivity index (χ0v) is 9.73. The van der Waals surface area contributed by atoms with E-state index in [4.69, 9.17) is 0 Å². The van der Waals surface area contributed by atoms with Crippen LogP contribution in [0.1, 0.15) is 33.6 Å². The van der Waals surface area contributed by atoms with Gasteiger partial charge in [-0.1, -0.05) is 20.8 Å². The van der Waals surface area contributed by atoms with E-state index >= 15 is 0 Å². The Morgan fingerprint density at radius 1 is 1.50 bits per heavy atom. The maximum absolute atomic E-state index is 11.9. The smallest absolute Gasteiger partial charge is 0.0851 e. The molecule has 2 heteroatoms. The van der Waals surface area contributed by atoms with Crippen molar-refractivity contribution in [3.8, 4) is 0 Å². The van der Waals surface area contributed by atoms with Crippen molar-refractivity contribution in [2.45, 2.75) is 33.6 Å². The molecule has 0 saturated heterocycles. The summed E-state index contributed by atoms with van der Waals surface area (Å²) in [6, 6.07) is 0. The van der Waals surface area contributed by atoms with Gasteiger partial charge in [-0.25, -0.2) is 0 Å². The largest absolute Gasteiger partial charge is 0.324 e. The summed E-state index contributed by atoms with van der Waals surface area (Å²) in [4.78, 5) is 0. The summed E-state index contributed by atoms with van der Waals surface area (Å²) in [6.07, 6.45) is 6.15. The van der Waals surface area contributed by atoms with Gasteiger partial charge in [-0.05, 0) is 31.8 Å². The van der Waals surface area contributed by atoms with Crippen LogP contribution in [0.25, 0.3) is 0 Å². The van der Waals surface area contributed by atoms with Crippen LogP contribution in [0.3, 0.4) is 0 Å². The molecular weight excluding hydrogens is 167 g/mol. The molecule has 0 bridgehead atoms. The van der Waals surface area contributed by atoms with Gasteiger partial charge in [-0.2, -0.15) is 0 Å². The van der Waals surface area contributed by atoms with Gasteiger partial charge in [-0.15, -0.1) is 0 Å². The van der Waals surface area contributed by atoms with E-state index in [-0.39, 0.29) is 0 Å². The third-order valence-electron chi connectivity index (χ3n) is 2.03. The molecule has 0 spiro atoms. The molecule has 0 rings (SSSR count). The summed E-state index contributed by atoms with van der Waals surface area (Å²) in [5, 5.41) is 0. The average Bonchev–Trinajstić information content (AvgIpc) is 1.85. The van der Waals surface area contributed by atoms with Crippen molar-refractivity contribution in [3.05, 3.63) is 6.42 Å². The molecule has 12 heavy (non-hydrogen) atoms. The highest BCUT2D eigenvalue weighted by atomic mass is 31.2. The van der Waals surface area contributed by atoms with E-state index in [9.17, 15) is 4.57 Å². The molecule has 0 aliphatic heterocycles. The topological polar surface area (TPSA) is 17.1 Å². The zero-order chi connectivity index (χ0) is 9.61. The summed E-state index contributed by atoms with van der Waals surface area (Å²) in [6.45, 7) is 8.30. The number of hydrogen-bond acceptors (Lipinski definition) is 1. The molecule has 0 amide bonds. The van der Waals surface area contributed by atoms with Crippen molar-refractivity contribution in [1.29, 1.82) is 0 Å².